The predicted octanol–water partition coefficient (Wildman–Crippen LogP) is 1.91. The second kappa shape index (κ2) is 10.3. The summed E-state index contributed by atoms with van der Waals surface area (Å²) >= 11 is 0. The van der Waals surface area contributed by atoms with E-state index in [1.165, 1.54) is 38.9 Å². The molecule has 0 unspecified atom stereocenters. The van der Waals surface area contributed by atoms with Crippen LogP contribution in [-0.4, -0.2) is 50.3 Å². The summed E-state index contributed by atoms with van der Waals surface area (Å²) in [5.74, 6) is 0. The Morgan fingerprint density at radius 1 is 1.19 bits per heavy atom. The van der Waals surface area contributed by atoms with Crippen molar-refractivity contribution >= 4 is 12.4 Å². The molecule has 0 atom stereocenters. The van der Waals surface area contributed by atoms with Gasteiger partial charge in [0.15, 0.2) is 0 Å². The number of piperidine rings is 1. The first-order chi connectivity index (χ1) is 7.38. The zero-order valence-corrected chi connectivity index (χ0v) is 11.5. The van der Waals surface area contributed by atoms with Gasteiger partial charge >= 0.3 is 0 Å². The standard InChI is InChI=1S/C12H26N2O.ClH/c1-3-9-14(10-11-15-4-2)12-5-7-13-8-6-12;/h12-13H,3-11H2,1-2H3;1H. The van der Waals surface area contributed by atoms with E-state index in [4.69, 9.17) is 4.74 Å². The zero-order valence-electron chi connectivity index (χ0n) is 10.7. The second-order valence-corrected chi connectivity index (χ2v) is 4.21. The number of ether oxygens (including phenoxy) is 1. The summed E-state index contributed by atoms with van der Waals surface area (Å²) in [6.07, 6.45) is 3.84. The Balaban J connectivity index is 0.00000225. The van der Waals surface area contributed by atoms with Crippen LogP contribution in [-0.2, 0) is 4.74 Å². The van der Waals surface area contributed by atoms with E-state index >= 15 is 0 Å². The van der Waals surface area contributed by atoms with Crippen molar-refractivity contribution in [3.05, 3.63) is 0 Å². The molecule has 0 aliphatic carbocycles. The van der Waals surface area contributed by atoms with Gasteiger partial charge in [-0.1, -0.05) is 6.92 Å². The molecule has 0 aromatic carbocycles. The molecule has 0 aromatic rings. The van der Waals surface area contributed by atoms with Gasteiger partial charge < -0.3 is 10.1 Å². The van der Waals surface area contributed by atoms with Crippen molar-refractivity contribution in [1.82, 2.24) is 10.2 Å². The molecule has 0 spiro atoms. The molecule has 1 aliphatic rings. The van der Waals surface area contributed by atoms with Crippen LogP contribution in [0.4, 0.5) is 0 Å². The molecule has 1 rings (SSSR count). The van der Waals surface area contributed by atoms with E-state index < -0.39 is 0 Å². The third kappa shape index (κ3) is 6.04. The topological polar surface area (TPSA) is 24.5 Å². The van der Waals surface area contributed by atoms with Crippen LogP contribution in [0.5, 0.6) is 0 Å². The minimum Gasteiger partial charge on any atom is -0.380 e. The third-order valence-electron chi connectivity index (χ3n) is 3.06. The minimum atomic E-state index is 0. The van der Waals surface area contributed by atoms with Gasteiger partial charge in [-0.05, 0) is 45.8 Å². The SMILES string of the molecule is CCCN(CCOCC)C1CCNCC1.Cl. The summed E-state index contributed by atoms with van der Waals surface area (Å²) < 4.78 is 5.44. The van der Waals surface area contributed by atoms with E-state index in [1.54, 1.807) is 0 Å². The molecule has 1 heterocycles. The molecule has 3 nitrogen and oxygen atoms in total. The van der Waals surface area contributed by atoms with Crippen molar-refractivity contribution in [2.75, 3.05) is 39.4 Å². The van der Waals surface area contributed by atoms with E-state index in [1.807, 2.05) is 0 Å². The molecule has 0 amide bonds. The summed E-state index contributed by atoms with van der Waals surface area (Å²) in [6.45, 7) is 10.7. The Labute approximate surface area is 106 Å². The lowest BCUT2D eigenvalue weighted by molar-refractivity contribution is 0.0844. The van der Waals surface area contributed by atoms with Gasteiger partial charge in [-0.15, -0.1) is 12.4 Å². The highest BCUT2D eigenvalue weighted by molar-refractivity contribution is 5.85. The molecule has 4 heteroatoms. The minimum absolute atomic E-state index is 0. The molecule has 0 aromatic heterocycles. The predicted molar refractivity (Wildman–Crippen MR) is 71.5 cm³/mol. The normalized spacial score (nSPS) is 17.4. The Hall–Kier alpha value is 0.170. The van der Waals surface area contributed by atoms with Gasteiger partial charge in [0.2, 0.25) is 0 Å². The number of halogens is 1. The van der Waals surface area contributed by atoms with Crippen molar-refractivity contribution in [3.63, 3.8) is 0 Å². The van der Waals surface area contributed by atoms with Crippen LogP contribution in [0.25, 0.3) is 0 Å². The molecule has 0 saturated carbocycles. The fraction of sp³-hybridized carbons (Fsp3) is 1.00. The summed E-state index contributed by atoms with van der Waals surface area (Å²) in [7, 11) is 0. The Bertz CT molecular complexity index is 152. The maximum Gasteiger partial charge on any atom is 0.0593 e. The summed E-state index contributed by atoms with van der Waals surface area (Å²) in [5, 5.41) is 3.42. The molecule has 98 valence electrons. The largest absolute Gasteiger partial charge is 0.380 e. The molecule has 0 bridgehead atoms. The van der Waals surface area contributed by atoms with Crippen LogP contribution in [0, 0.1) is 0 Å². The van der Waals surface area contributed by atoms with E-state index in [0.29, 0.717) is 0 Å². The van der Waals surface area contributed by atoms with Crippen LogP contribution in [0.1, 0.15) is 33.1 Å². The Morgan fingerprint density at radius 3 is 2.44 bits per heavy atom. The van der Waals surface area contributed by atoms with E-state index in [9.17, 15) is 0 Å². The zero-order chi connectivity index (χ0) is 10.9. The van der Waals surface area contributed by atoms with Crippen LogP contribution in [0.15, 0.2) is 0 Å². The lowest BCUT2D eigenvalue weighted by atomic mass is 10.0. The molecule has 1 saturated heterocycles. The molecule has 0 radical (unpaired) electrons. The summed E-state index contributed by atoms with van der Waals surface area (Å²) in [4.78, 5) is 2.61. The first-order valence-corrected chi connectivity index (χ1v) is 6.41. The van der Waals surface area contributed by atoms with Gasteiger partial charge in [-0.2, -0.15) is 0 Å². The van der Waals surface area contributed by atoms with Crippen LogP contribution >= 0.6 is 12.4 Å². The molecular formula is C12H27ClN2O. The van der Waals surface area contributed by atoms with E-state index in [-0.39, 0.29) is 12.4 Å². The Kier molecular flexibility index (Phi) is 10.4. The van der Waals surface area contributed by atoms with Gasteiger partial charge in [0.05, 0.1) is 6.61 Å². The van der Waals surface area contributed by atoms with Gasteiger partial charge in [0, 0.05) is 19.2 Å². The third-order valence-corrected chi connectivity index (χ3v) is 3.06. The maximum absolute atomic E-state index is 5.44. The highest BCUT2D eigenvalue weighted by Crippen LogP contribution is 2.11. The van der Waals surface area contributed by atoms with E-state index in [0.717, 1.165) is 25.8 Å². The molecule has 16 heavy (non-hydrogen) atoms. The van der Waals surface area contributed by atoms with Crippen molar-refractivity contribution < 1.29 is 4.74 Å². The summed E-state index contributed by atoms with van der Waals surface area (Å²) in [5.41, 5.74) is 0. The average Bonchev–Trinajstić information content (AvgIpc) is 2.29. The first kappa shape index (κ1) is 16.2. The van der Waals surface area contributed by atoms with Crippen molar-refractivity contribution in [3.8, 4) is 0 Å². The van der Waals surface area contributed by atoms with E-state index in [2.05, 4.69) is 24.1 Å². The smallest absolute Gasteiger partial charge is 0.0593 e. The van der Waals surface area contributed by atoms with Gasteiger partial charge in [0.1, 0.15) is 0 Å². The fourth-order valence-electron chi connectivity index (χ4n) is 2.26. The summed E-state index contributed by atoms with van der Waals surface area (Å²) in [6, 6.07) is 0.784. The number of rotatable bonds is 7. The lowest BCUT2D eigenvalue weighted by Gasteiger charge is -2.34. The second-order valence-electron chi connectivity index (χ2n) is 4.21. The van der Waals surface area contributed by atoms with Crippen LogP contribution in [0.2, 0.25) is 0 Å². The van der Waals surface area contributed by atoms with Crippen LogP contribution in [0.3, 0.4) is 0 Å². The number of hydrogen-bond donors (Lipinski definition) is 1. The molecule has 1 N–H and O–H groups in total. The average molecular weight is 251 g/mol. The Morgan fingerprint density at radius 2 is 1.88 bits per heavy atom. The van der Waals surface area contributed by atoms with Gasteiger partial charge in [-0.25, -0.2) is 0 Å². The fourth-order valence-corrected chi connectivity index (χ4v) is 2.26. The van der Waals surface area contributed by atoms with Crippen molar-refractivity contribution in [2.24, 2.45) is 0 Å². The molecule has 1 aliphatic heterocycles. The first-order valence-electron chi connectivity index (χ1n) is 6.41. The molecular weight excluding hydrogens is 224 g/mol. The van der Waals surface area contributed by atoms with Crippen LogP contribution < -0.4 is 5.32 Å². The maximum atomic E-state index is 5.44. The number of nitrogens with zero attached hydrogens (tertiary/aromatic N) is 1. The highest BCUT2D eigenvalue weighted by atomic mass is 35.5. The van der Waals surface area contributed by atoms with Gasteiger partial charge in [0.25, 0.3) is 0 Å². The van der Waals surface area contributed by atoms with Gasteiger partial charge in [-0.3, -0.25) is 4.90 Å². The molecule has 1 fully saturated rings. The quantitative estimate of drug-likeness (QED) is 0.699. The van der Waals surface area contributed by atoms with Crippen molar-refractivity contribution in [2.45, 2.75) is 39.2 Å². The number of nitrogens with one attached hydrogen (secondary N) is 1. The van der Waals surface area contributed by atoms with Crippen molar-refractivity contribution in [1.29, 1.82) is 0 Å². The number of hydrogen-bond acceptors (Lipinski definition) is 3. The lowest BCUT2D eigenvalue weighted by Crippen LogP contribution is -2.44. The highest BCUT2D eigenvalue weighted by Gasteiger charge is 2.19. The monoisotopic (exact) mass is 250 g/mol.